The number of likely N-dealkylation sites (N-methyl/N-ethyl adjacent to an activating group) is 1. The van der Waals surface area contributed by atoms with E-state index in [0.29, 0.717) is 5.82 Å². The van der Waals surface area contributed by atoms with Crippen LogP contribution in [0.1, 0.15) is 12.5 Å². The smallest absolute Gasteiger partial charge is 0.224 e. The number of nitrogens with zero attached hydrogens (tertiary/aromatic N) is 5. The number of nitrogen functional groups attached to an aromatic ring is 1. The molecule has 1 aliphatic rings. The Morgan fingerprint density at radius 1 is 1.39 bits per heavy atom. The van der Waals surface area contributed by atoms with Crippen LogP contribution in [0.2, 0.25) is 0 Å². The molecule has 0 amide bonds. The lowest BCUT2D eigenvalue weighted by atomic mass is 10.1. The van der Waals surface area contributed by atoms with Crippen molar-refractivity contribution in [2.75, 3.05) is 44.8 Å². The largest absolute Gasteiger partial charge is 0.396 e. The number of imidazole rings is 1. The topological polar surface area (TPSA) is 105 Å². The standard InChI is InChI=1S/C15H23N7O/c1-21(2)6-5-17-13-12-14(20-15(16)19-13)22(9-18-12)11-4-3-10(7-11)8-23/h3-4,9-11,23H,5-8H2,1-2H3,(H3,16,17,19,20)/t10-,11+/m1/s1. The molecule has 0 bridgehead atoms. The summed E-state index contributed by atoms with van der Waals surface area (Å²) in [6.07, 6.45) is 6.73. The summed E-state index contributed by atoms with van der Waals surface area (Å²) in [5.41, 5.74) is 7.31. The van der Waals surface area contributed by atoms with Crippen molar-refractivity contribution in [2.24, 2.45) is 5.92 Å². The zero-order valence-electron chi connectivity index (χ0n) is 13.5. The lowest BCUT2D eigenvalue weighted by Gasteiger charge is -2.14. The van der Waals surface area contributed by atoms with E-state index in [1.54, 1.807) is 6.33 Å². The van der Waals surface area contributed by atoms with Crippen molar-refractivity contribution in [1.29, 1.82) is 0 Å². The van der Waals surface area contributed by atoms with Gasteiger partial charge in [-0.2, -0.15) is 9.97 Å². The molecule has 0 unspecified atom stereocenters. The molecule has 0 saturated heterocycles. The van der Waals surface area contributed by atoms with Gasteiger partial charge in [-0.05, 0) is 20.5 Å². The molecule has 2 aromatic heterocycles. The molecule has 0 spiro atoms. The van der Waals surface area contributed by atoms with Crippen molar-refractivity contribution < 1.29 is 5.11 Å². The molecule has 3 rings (SSSR count). The molecule has 0 fully saturated rings. The first-order valence-corrected chi connectivity index (χ1v) is 7.76. The summed E-state index contributed by atoms with van der Waals surface area (Å²) in [5, 5.41) is 12.6. The minimum atomic E-state index is 0.140. The van der Waals surface area contributed by atoms with E-state index in [1.165, 1.54) is 0 Å². The summed E-state index contributed by atoms with van der Waals surface area (Å²) in [5.74, 6) is 1.08. The molecule has 124 valence electrons. The fourth-order valence-electron chi connectivity index (χ4n) is 2.79. The van der Waals surface area contributed by atoms with Crippen LogP contribution in [0.15, 0.2) is 18.5 Å². The lowest BCUT2D eigenvalue weighted by Crippen LogP contribution is -2.21. The maximum Gasteiger partial charge on any atom is 0.224 e. The SMILES string of the molecule is CN(C)CCNc1nc(N)nc2c1ncn2[C@H]1C=C[C@@H](CO)C1. The van der Waals surface area contributed by atoms with E-state index in [0.717, 1.165) is 30.7 Å². The van der Waals surface area contributed by atoms with Gasteiger partial charge in [0, 0.05) is 25.6 Å². The number of hydrogen-bond donors (Lipinski definition) is 3. The number of aliphatic hydroxyl groups is 1. The summed E-state index contributed by atoms with van der Waals surface area (Å²) in [6.45, 7) is 1.80. The molecule has 8 heteroatoms. The van der Waals surface area contributed by atoms with Gasteiger partial charge in [-0.3, -0.25) is 0 Å². The second-order valence-corrected chi connectivity index (χ2v) is 6.12. The van der Waals surface area contributed by atoms with E-state index in [-0.39, 0.29) is 24.5 Å². The summed E-state index contributed by atoms with van der Waals surface area (Å²) < 4.78 is 2.00. The molecule has 2 heterocycles. The van der Waals surface area contributed by atoms with Crippen molar-refractivity contribution in [2.45, 2.75) is 12.5 Å². The normalized spacial score (nSPS) is 20.7. The van der Waals surface area contributed by atoms with Crippen molar-refractivity contribution in [1.82, 2.24) is 24.4 Å². The minimum Gasteiger partial charge on any atom is -0.396 e. The Bertz CT molecular complexity index is 709. The number of anilines is 2. The van der Waals surface area contributed by atoms with E-state index in [1.807, 2.05) is 24.7 Å². The third-order valence-electron chi connectivity index (χ3n) is 4.03. The number of fused-ring (bicyclic) bond motifs is 1. The Kier molecular flexibility index (Phi) is 4.44. The van der Waals surface area contributed by atoms with Crippen molar-refractivity contribution in [3.63, 3.8) is 0 Å². The Balaban J connectivity index is 1.88. The molecule has 2 atom stereocenters. The quantitative estimate of drug-likeness (QED) is 0.666. The molecule has 0 radical (unpaired) electrons. The van der Waals surface area contributed by atoms with Crippen LogP contribution in [0.4, 0.5) is 11.8 Å². The molecule has 8 nitrogen and oxygen atoms in total. The first-order valence-electron chi connectivity index (χ1n) is 7.76. The van der Waals surface area contributed by atoms with E-state index in [4.69, 9.17) is 5.73 Å². The molecular weight excluding hydrogens is 294 g/mol. The summed E-state index contributed by atoms with van der Waals surface area (Å²) in [6, 6.07) is 0.140. The van der Waals surface area contributed by atoms with Gasteiger partial charge in [-0.15, -0.1) is 0 Å². The number of rotatable bonds is 6. The second kappa shape index (κ2) is 6.51. The maximum atomic E-state index is 9.29. The van der Waals surface area contributed by atoms with Crippen LogP contribution in [0.25, 0.3) is 11.2 Å². The molecule has 0 aliphatic heterocycles. The average molecular weight is 317 g/mol. The van der Waals surface area contributed by atoms with Gasteiger partial charge in [0.25, 0.3) is 0 Å². The third kappa shape index (κ3) is 3.27. The number of aliphatic hydroxyl groups excluding tert-OH is 1. The number of nitrogens with two attached hydrogens (primary N) is 1. The zero-order chi connectivity index (χ0) is 16.4. The first kappa shape index (κ1) is 15.7. The van der Waals surface area contributed by atoms with Crippen LogP contribution in [-0.4, -0.2) is 63.3 Å². The van der Waals surface area contributed by atoms with Crippen LogP contribution in [-0.2, 0) is 0 Å². The fraction of sp³-hybridized carbons (Fsp3) is 0.533. The molecule has 0 saturated carbocycles. The molecule has 23 heavy (non-hydrogen) atoms. The average Bonchev–Trinajstić information content (AvgIpc) is 3.12. The van der Waals surface area contributed by atoms with E-state index in [2.05, 4.69) is 31.2 Å². The minimum absolute atomic E-state index is 0.140. The van der Waals surface area contributed by atoms with Crippen LogP contribution in [0, 0.1) is 5.92 Å². The Morgan fingerprint density at radius 3 is 2.91 bits per heavy atom. The summed E-state index contributed by atoms with van der Waals surface area (Å²) in [7, 11) is 4.04. The van der Waals surface area contributed by atoms with Gasteiger partial charge < -0.3 is 25.6 Å². The van der Waals surface area contributed by atoms with Crippen molar-refractivity contribution in [3.8, 4) is 0 Å². The predicted octanol–water partition coefficient (Wildman–Crippen LogP) is 0.492. The lowest BCUT2D eigenvalue weighted by molar-refractivity contribution is 0.244. The van der Waals surface area contributed by atoms with Gasteiger partial charge in [0.05, 0.1) is 12.4 Å². The first-order chi connectivity index (χ1) is 11.1. The number of nitrogens with one attached hydrogen (secondary N) is 1. The summed E-state index contributed by atoms with van der Waals surface area (Å²) >= 11 is 0. The van der Waals surface area contributed by atoms with Gasteiger partial charge in [0.1, 0.15) is 0 Å². The summed E-state index contributed by atoms with van der Waals surface area (Å²) in [4.78, 5) is 15.2. The zero-order valence-corrected chi connectivity index (χ0v) is 13.5. The van der Waals surface area contributed by atoms with Gasteiger partial charge in [0.15, 0.2) is 17.0 Å². The van der Waals surface area contributed by atoms with Crippen molar-refractivity contribution in [3.05, 3.63) is 18.5 Å². The van der Waals surface area contributed by atoms with Gasteiger partial charge in [-0.25, -0.2) is 4.98 Å². The number of allylic oxidation sites excluding steroid dienone is 1. The fourth-order valence-corrected chi connectivity index (χ4v) is 2.79. The number of hydrogen-bond acceptors (Lipinski definition) is 7. The van der Waals surface area contributed by atoms with E-state index < -0.39 is 0 Å². The van der Waals surface area contributed by atoms with Crippen LogP contribution in [0.5, 0.6) is 0 Å². The Labute approximate surface area is 135 Å². The monoisotopic (exact) mass is 317 g/mol. The molecule has 1 aliphatic carbocycles. The second-order valence-electron chi connectivity index (χ2n) is 6.12. The Hall–Kier alpha value is -2.19. The third-order valence-corrected chi connectivity index (χ3v) is 4.03. The van der Waals surface area contributed by atoms with Gasteiger partial charge >= 0.3 is 0 Å². The number of aromatic nitrogens is 4. The van der Waals surface area contributed by atoms with Crippen LogP contribution >= 0.6 is 0 Å². The van der Waals surface area contributed by atoms with Crippen molar-refractivity contribution >= 4 is 22.9 Å². The Morgan fingerprint density at radius 2 is 2.22 bits per heavy atom. The molecule has 0 aromatic carbocycles. The van der Waals surface area contributed by atoms with E-state index >= 15 is 0 Å². The highest BCUT2D eigenvalue weighted by Crippen LogP contribution is 2.31. The molecular formula is C15H23N7O. The maximum absolute atomic E-state index is 9.29. The van der Waals surface area contributed by atoms with Crippen LogP contribution in [0.3, 0.4) is 0 Å². The van der Waals surface area contributed by atoms with Gasteiger partial charge in [0.2, 0.25) is 5.95 Å². The van der Waals surface area contributed by atoms with Gasteiger partial charge in [-0.1, -0.05) is 12.2 Å². The molecule has 2 aromatic rings. The highest BCUT2D eigenvalue weighted by atomic mass is 16.3. The predicted molar refractivity (Wildman–Crippen MR) is 90.1 cm³/mol. The van der Waals surface area contributed by atoms with Crippen LogP contribution < -0.4 is 11.1 Å². The molecule has 4 N–H and O–H groups in total. The van der Waals surface area contributed by atoms with E-state index in [9.17, 15) is 5.11 Å². The highest BCUT2D eigenvalue weighted by molar-refractivity contribution is 5.84. The highest BCUT2D eigenvalue weighted by Gasteiger charge is 2.23.